The number of rotatable bonds is 9. The van der Waals surface area contributed by atoms with E-state index in [-0.39, 0.29) is 34.8 Å². The SMILES string of the molecule is CCOc1ccccc1NC(=O)C(=O)C(/C(=N\N)C(=O)OC)c1nc2ccc([NH+]([O-])O)cc2[nH]c1=O. The first-order chi connectivity index (χ1) is 17.2. The predicted molar refractivity (Wildman–Crippen MR) is 126 cm³/mol. The number of aromatic amines is 1. The summed E-state index contributed by atoms with van der Waals surface area (Å²) < 4.78 is 10.0. The number of quaternary nitrogens is 1. The van der Waals surface area contributed by atoms with Crippen LogP contribution in [0, 0.1) is 5.21 Å². The van der Waals surface area contributed by atoms with Crippen LogP contribution in [-0.4, -0.2) is 52.3 Å². The van der Waals surface area contributed by atoms with Gasteiger partial charge in [0.25, 0.3) is 11.5 Å². The van der Waals surface area contributed by atoms with Crippen LogP contribution in [0.4, 0.5) is 11.4 Å². The highest BCUT2D eigenvalue weighted by Crippen LogP contribution is 2.25. The number of hydrogen-bond donors (Lipinski definition) is 5. The van der Waals surface area contributed by atoms with E-state index in [9.17, 15) is 24.4 Å². The van der Waals surface area contributed by atoms with Gasteiger partial charge in [-0.3, -0.25) is 14.4 Å². The summed E-state index contributed by atoms with van der Waals surface area (Å²) in [6.07, 6.45) is 0. The normalized spacial score (nSPS) is 13.1. The number of methoxy groups -OCH3 is 1. The van der Waals surface area contributed by atoms with Crippen molar-refractivity contribution >= 4 is 45.8 Å². The second-order valence-electron chi connectivity index (χ2n) is 7.17. The van der Waals surface area contributed by atoms with Gasteiger partial charge in [-0.1, -0.05) is 12.1 Å². The zero-order valence-corrected chi connectivity index (χ0v) is 19.1. The maximum Gasteiger partial charge on any atom is 0.355 e. The average Bonchev–Trinajstić information content (AvgIpc) is 2.87. The summed E-state index contributed by atoms with van der Waals surface area (Å²) in [5, 5.41) is 24.8. The van der Waals surface area contributed by atoms with E-state index in [0.29, 0.717) is 0 Å². The molecule has 3 aromatic rings. The Hall–Kier alpha value is -4.66. The molecule has 2 atom stereocenters. The number of nitrogens with two attached hydrogens (primary N) is 1. The number of esters is 1. The molecule has 0 aliphatic carbocycles. The summed E-state index contributed by atoms with van der Waals surface area (Å²) in [6, 6.07) is 10.0. The molecular formula is C22H22N6O8. The molecule has 188 valence electrons. The molecule has 0 saturated carbocycles. The summed E-state index contributed by atoms with van der Waals surface area (Å²) >= 11 is 0. The Morgan fingerprint density at radius 2 is 2.00 bits per heavy atom. The topological polar surface area (TPSA) is 214 Å². The molecular weight excluding hydrogens is 476 g/mol. The van der Waals surface area contributed by atoms with E-state index in [2.05, 4.69) is 25.1 Å². The van der Waals surface area contributed by atoms with Crippen LogP contribution in [0.5, 0.6) is 5.75 Å². The summed E-state index contributed by atoms with van der Waals surface area (Å²) in [6.45, 7) is 2.02. The number of nitrogens with one attached hydrogen (secondary N) is 3. The monoisotopic (exact) mass is 498 g/mol. The highest BCUT2D eigenvalue weighted by atomic mass is 16.8. The van der Waals surface area contributed by atoms with E-state index in [1.165, 1.54) is 24.3 Å². The Kier molecular flexibility index (Phi) is 8.06. The van der Waals surface area contributed by atoms with Gasteiger partial charge in [0, 0.05) is 12.1 Å². The minimum atomic E-state index is -1.94. The van der Waals surface area contributed by atoms with Crippen molar-refractivity contribution in [3.63, 3.8) is 0 Å². The standard InChI is InChI=1S/C22H22N6O8/c1-3-36-15-7-5-4-6-13(15)25-21(31)19(29)16(18(27-23)22(32)35-2)17-20(30)26-14-10-11(28(33)34)8-9-12(14)24-17/h4-10,16,28,33H,3,23H2,1-2H3,(H,25,31)(H,26,30)/b27-18+. The number of ether oxygens (including phenoxy) is 2. The molecule has 0 bridgehead atoms. The number of amides is 1. The van der Waals surface area contributed by atoms with Gasteiger partial charge in [0.15, 0.2) is 11.4 Å². The van der Waals surface area contributed by atoms with E-state index in [1.807, 2.05) is 0 Å². The third-order valence-electron chi connectivity index (χ3n) is 4.97. The van der Waals surface area contributed by atoms with Crippen LogP contribution < -0.4 is 26.7 Å². The number of H-pyrrole nitrogens is 1. The van der Waals surface area contributed by atoms with Gasteiger partial charge in [-0.05, 0) is 25.1 Å². The van der Waals surface area contributed by atoms with Gasteiger partial charge >= 0.3 is 5.97 Å². The number of nitrogens with zero attached hydrogens (tertiary/aromatic N) is 2. The number of hydrogen-bond acceptors (Lipinski definition) is 11. The third kappa shape index (κ3) is 5.35. The van der Waals surface area contributed by atoms with E-state index in [0.717, 1.165) is 7.11 Å². The number of Topliss-reactive ketones (excluding diaryl/α,β-unsaturated/α-hetero) is 1. The highest BCUT2D eigenvalue weighted by Gasteiger charge is 2.39. The molecule has 6 N–H and O–H groups in total. The maximum atomic E-state index is 13.3. The zero-order valence-electron chi connectivity index (χ0n) is 19.1. The largest absolute Gasteiger partial charge is 0.595 e. The van der Waals surface area contributed by atoms with Crippen molar-refractivity contribution < 1.29 is 34.3 Å². The van der Waals surface area contributed by atoms with Crippen molar-refractivity contribution in [1.82, 2.24) is 9.97 Å². The van der Waals surface area contributed by atoms with Crippen molar-refractivity contribution in [2.75, 3.05) is 19.0 Å². The van der Waals surface area contributed by atoms with Gasteiger partial charge in [0.2, 0.25) is 5.78 Å². The summed E-state index contributed by atoms with van der Waals surface area (Å²) in [5.41, 5.74) is -2.11. The van der Waals surface area contributed by atoms with E-state index < -0.39 is 45.8 Å². The molecule has 0 aliphatic rings. The first-order valence-electron chi connectivity index (χ1n) is 10.4. The Morgan fingerprint density at radius 1 is 1.28 bits per heavy atom. The molecule has 14 heteroatoms. The molecule has 3 rings (SSSR count). The lowest BCUT2D eigenvalue weighted by atomic mass is 9.93. The first kappa shape index (κ1) is 26.0. The van der Waals surface area contributed by atoms with Crippen molar-refractivity contribution in [3.8, 4) is 5.75 Å². The van der Waals surface area contributed by atoms with Crippen molar-refractivity contribution in [1.29, 1.82) is 0 Å². The smallest absolute Gasteiger partial charge is 0.355 e. The fourth-order valence-corrected chi connectivity index (χ4v) is 3.32. The summed E-state index contributed by atoms with van der Waals surface area (Å²) in [4.78, 5) is 58.0. The maximum absolute atomic E-state index is 13.3. The number of carbonyl (C=O) groups excluding carboxylic acids is 3. The lowest BCUT2D eigenvalue weighted by Crippen LogP contribution is -2.99. The van der Waals surface area contributed by atoms with Crippen molar-refractivity contribution in [2.24, 2.45) is 10.9 Å². The number of ketones is 1. The van der Waals surface area contributed by atoms with Crippen LogP contribution in [0.1, 0.15) is 18.5 Å². The minimum Gasteiger partial charge on any atom is -0.595 e. The number of aromatic nitrogens is 2. The first-order valence-corrected chi connectivity index (χ1v) is 10.4. The number of benzene rings is 2. The van der Waals surface area contributed by atoms with E-state index in [4.69, 9.17) is 15.8 Å². The molecule has 0 spiro atoms. The number of fused-ring (bicyclic) bond motifs is 1. The number of para-hydroxylation sites is 2. The summed E-state index contributed by atoms with van der Waals surface area (Å²) in [5.74, 6) is 0.0293. The number of hydrazone groups is 1. The van der Waals surface area contributed by atoms with Crippen LogP contribution in [0.2, 0.25) is 0 Å². The third-order valence-corrected chi connectivity index (χ3v) is 4.97. The number of anilines is 1. The molecule has 0 fully saturated rings. The van der Waals surface area contributed by atoms with Gasteiger partial charge in [0.05, 0.1) is 30.4 Å². The second kappa shape index (κ2) is 11.2. The van der Waals surface area contributed by atoms with Gasteiger partial charge < -0.3 is 30.8 Å². The molecule has 0 radical (unpaired) electrons. The average molecular weight is 498 g/mol. The van der Waals surface area contributed by atoms with Gasteiger partial charge in [-0.25, -0.2) is 15.0 Å². The zero-order chi connectivity index (χ0) is 26.4. The molecule has 2 aromatic carbocycles. The van der Waals surface area contributed by atoms with E-state index in [1.54, 1.807) is 25.1 Å². The lowest BCUT2D eigenvalue weighted by Gasteiger charge is -2.17. The second-order valence-corrected chi connectivity index (χ2v) is 7.17. The number of carbonyl (C=O) groups is 3. The van der Waals surface area contributed by atoms with Crippen molar-refractivity contribution in [2.45, 2.75) is 12.8 Å². The quantitative estimate of drug-likeness (QED) is 0.0838. The molecule has 0 aliphatic heterocycles. The molecule has 1 aromatic heterocycles. The van der Waals surface area contributed by atoms with Gasteiger partial charge in [-0.15, -0.1) is 0 Å². The van der Waals surface area contributed by atoms with Crippen LogP contribution in [0.15, 0.2) is 52.4 Å². The van der Waals surface area contributed by atoms with Crippen LogP contribution in [0.3, 0.4) is 0 Å². The molecule has 14 nitrogen and oxygen atoms in total. The minimum absolute atomic E-state index is 0.0502. The van der Waals surface area contributed by atoms with E-state index >= 15 is 0 Å². The Labute approximate surface area is 202 Å². The molecule has 1 amide bonds. The summed E-state index contributed by atoms with van der Waals surface area (Å²) in [7, 11) is 0.999. The molecule has 0 saturated heterocycles. The predicted octanol–water partition coefficient (Wildman–Crippen LogP) is -0.496. The Bertz CT molecular complexity index is 1400. The van der Waals surface area contributed by atoms with Gasteiger partial charge in [0.1, 0.15) is 17.4 Å². The van der Waals surface area contributed by atoms with Gasteiger partial charge in [-0.2, -0.15) is 10.3 Å². The van der Waals surface area contributed by atoms with Crippen LogP contribution in [0.25, 0.3) is 11.0 Å². The molecule has 1 heterocycles. The fraction of sp³-hybridized carbons (Fsp3) is 0.182. The Morgan fingerprint density at radius 3 is 2.64 bits per heavy atom. The molecule has 36 heavy (non-hydrogen) atoms. The Balaban J connectivity index is 2.10. The van der Waals surface area contributed by atoms with Crippen LogP contribution in [-0.2, 0) is 19.1 Å². The fourth-order valence-electron chi connectivity index (χ4n) is 3.32. The molecule has 2 unspecified atom stereocenters. The highest BCUT2D eigenvalue weighted by molar-refractivity contribution is 6.53. The lowest BCUT2D eigenvalue weighted by molar-refractivity contribution is -0.991. The van der Waals surface area contributed by atoms with Crippen LogP contribution >= 0.6 is 0 Å². The van der Waals surface area contributed by atoms with Crippen molar-refractivity contribution in [3.05, 3.63) is 63.7 Å².